The van der Waals surface area contributed by atoms with Crippen LogP contribution in [0, 0.1) is 0 Å². The standard InChI is InChI=1S/C11H14ClNO2S/c1-7-6-15-8(2)5-13(7)11(14)9-3-4-10(12)16-9/h3-4,7-8H,5-6H2,1-2H3/t7-,8-/m0/s1. The fraction of sp³-hybridized carbons (Fsp3) is 0.545. The van der Waals surface area contributed by atoms with Gasteiger partial charge in [-0.2, -0.15) is 0 Å². The Morgan fingerprint density at radius 2 is 2.31 bits per heavy atom. The molecule has 2 heterocycles. The van der Waals surface area contributed by atoms with Gasteiger partial charge in [-0.1, -0.05) is 11.6 Å². The Balaban J connectivity index is 2.14. The number of hydrogen-bond acceptors (Lipinski definition) is 3. The van der Waals surface area contributed by atoms with Crippen molar-refractivity contribution >= 4 is 28.8 Å². The molecule has 0 N–H and O–H groups in total. The summed E-state index contributed by atoms with van der Waals surface area (Å²) >= 11 is 7.16. The lowest BCUT2D eigenvalue weighted by molar-refractivity contribution is -0.0385. The van der Waals surface area contributed by atoms with Gasteiger partial charge in [0.05, 0.1) is 28.0 Å². The van der Waals surface area contributed by atoms with Gasteiger partial charge in [0.25, 0.3) is 5.91 Å². The highest BCUT2D eigenvalue weighted by Crippen LogP contribution is 2.24. The number of morpholine rings is 1. The van der Waals surface area contributed by atoms with E-state index in [0.29, 0.717) is 22.4 Å². The molecule has 0 radical (unpaired) electrons. The highest BCUT2D eigenvalue weighted by atomic mass is 35.5. The minimum absolute atomic E-state index is 0.0551. The molecule has 1 amide bonds. The average Bonchev–Trinajstić information content (AvgIpc) is 2.67. The SMILES string of the molecule is C[C@H]1CN(C(=O)c2ccc(Cl)s2)[C@@H](C)CO1. The van der Waals surface area contributed by atoms with Gasteiger partial charge in [-0.15, -0.1) is 11.3 Å². The highest BCUT2D eigenvalue weighted by molar-refractivity contribution is 7.17. The van der Waals surface area contributed by atoms with Gasteiger partial charge < -0.3 is 9.64 Å². The van der Waals surface area contributed by atoms with Crippen LogP contribution in [0.1, 0.15) is 23.5 Å². The zero-order chi connectivity index (χ0) is 11.7. The van der Waals surface area contributed by atoms with Crippen LogP contribution in [0.4, 0.5) is 0 Å². The minimum atomic E-state index is 0.0551. The second-order valence-corrected chi connectivity index (χ2v) is 5.77. The second-order valence-electron chi connectivity index (χ2n) is 4.05. The van der Waals surface area contributed by atoms with E-state index in [1.165, 1.54) is 11.3 Å². The molecule has 0 spiro atoms. The molecule has 1 aromatic rings. The van der Waals surface area contributed by atoms with Crippen LogP contribution in [0.25, 0.3) is 0 Å². The van der Waals surface area contributed by atoms with Crippen molar-refractivity contribution in [3.63, 3.8) is 0 Å². The summed E-state index contributed by atoms with van der Waals surface area (Å²) < 4.78 is 6.15. The van der Waals surface area contributed by atoms with Crippen LogP contribution in [0.15, 0.2) is 12.1 Å². The predicted molar refractivity (Wildman–Crippen MR) is 65.2 cm³/mol. The molecule has 2 rings (SSSR count). The molecule has 0 unspecified atom stereocenters. The van der Waals surface area contributed by atoms with Crippen LogP contribution in [0.3, 0.4) is 0 Å². The lowest BCUT2D eigenvalue weighted by Crippen LogP contribution is -2.50. The van der Waals surface area contributed by atoms with Gasteiger partial charge in [-0.25, -0.2) is 0 Å². The fourth-order valence-electron chi connectivity index (χ4n) is 1.76. The number of nitrogens with zero attached hydrogens (tertiary/aromatic N) is 1. The smallest absolute Gasteiger partial charge is 0.264 e. The number of ether oxygens (including phenoxy) is 1. The van der Waals surface area contributed by atoms with Crippen LogP contribution in [-0.4, -0.2) is 36.1 Å². The molecule has 0 aliphatic carbocycles. The van der Waals surface area contributed by atoms with E-state index in [-0.39, 0.29) is 18.1 Å². The molecule has 1 aliphatic rings. The van der Waals surface area contributed by atoms with Gasteiger partial charge in [0.1, 0.15) is 0 Å². The monoisotopic (exact) mass is 259 g/mol. The summed E-state index contributed by atoms with van der Waals surface area (Å²) in [5, 5.41) is 0. The first-order valence-corrected chi connectivity index (χ1v) is 6.45. The van der Waals surface area contributed by atoms with E-state index in [4.69, 9.17) is 16.3 Å². The third kappa shape index (κ3) is 2.39. The molecule has 5 heteroatoms. The third-order valence-electron chi connectivity index (χ3n) is 2.65. The third-order valence-corrected chi connectivity index (χ3v) is 3.87. The molecule has 16 heavy (non-hydrogen) atoms. The van der Waals surface area contributed by atoms with E-state index in [9.17, 15) is 4.79 Å². The maximum Gasteiger partial charge on any atom is 0.264 e. The largest absolute Gasteiger partial charge is 0.375 e. The van der Waals surface area contributed by atoms with Gasteiger partial charge >= 0.3 is 0 Å². The van der Waals surface area contributed by atoms with Crippen molar-refractivity contribution in [3.05, 3.63) is 21.3 Å². The van der Waals surface area contributed by atoms with Crippen LogP contribution < -0.4 is 0 Å². The van der Waals surface area contributed by atoms with Crippen molar-refractivity contribution in [3.8, 4) is 0 Å². The van der Waals surface area contributed by atoms with Crippen molar-refractivity contribution < 1.29 is 9.53 Å². The van der Waals surface area contributed by atoms with Crippen molar-refractivity contribution in [1.82, 2.24) is 4.90 Å². The van der Waals surface area contributed by atoms with Crippen LogP contribution in [0.5, 0.6) is 0 Å². The zero-order valence-corrected chi connectivity index (χ0v) is 10.8. The summed E-state index contributed by atoms with van der Waals surface area (Å²) in [6.07, 6.45) is 0.107. The molecular weight excluding hydrogens is 246 g/mol. The first-order valence-electron chi connectivity index (χ1n) is 5.26. The van der Waals surface area contributed by atoms with Crippen molar-refractivity contribution in [2.75, 3.05) is 13.2 Å². The Morgan fingerprint density at radius 3 is 2.94 bits per heavy atom. The number of carbonyl (C=O) groups excluding carboxylic acids is 1. The Bertz CT molecular complexity index is 393. The van der Waals surface area contributed by atoms with E-state index in [1.54, 1.807) is 12.1 Å². The minimum Gasteiger partial charge on any atom is -0.375 e. The van der Waals surface area contributed by atoms with Gasteiger partial charge in [0, 0.05) is 6.54 Å². The first-order chi connectivity index (χ1) is 7.58. The van der Waals surface area contributed by atoms with Crippen LogP contribution in [0.2, 0.25) is 4.34 Å². The Morgan fingerprint density at radius 1 is 1.56 bits per heavy atom. The highest BCUT2D eigenvalue weighted by Gasteiger charge is 2.28. The zero-order valence-electron chi connectivity index (χ0n) is 9.27. The Labute approximate surface area is 104 Å². The lowest BCUT2D eigenvalue weighted by Gasteiger charge is -2.36. The normalized spacial score (nSPS) is 25.8. The van der Waals surface area contributed by atoms with Crippen molar-refractivity contribution in [2.45, 2.75) is 26.0 Å². The van der Waals surface area contributed by atoms with E-state index < -0.39 is 0 Å². The Kier molecular flexibility index (Phi) is 3.52. The lowest BCUT2D eigenvalue weighted by atomic mass is 10.2. The summed E-state index contributed by atoms with van der Waals surface area (Å²) in [5.74, 6) is 0.0551. The van der Waals surface area contributed by atoms with E-state index in [0.717, 1.165) is 0 Å². The summed E-state index contributed by atoms with van der Waals surface area (Å²) in [6, 6.07) is 3.67. The van der Waals surface area contributed by atoms with Gasteiger partial charge in [-0.3, -0.25) is 4.79 Å². The number of halogens is 1. The first kappa shape index (κ1) is 11.9. The molecule has 1 aromatic heterocycles. The molecule has 1 saturated heterocycles. The van der Waals surface area contributed by atoms with E-state index >= 15 is 0 Å². The van der Waals surface area contributed by atoms with E-state index in [1.807, 2.05) is 18.7 Å². The summed E-state index contributed by atoms with van der Waals surface area (Å²) in [4.78, 5) is 14.7. The molecule has 0 aromatic carbocycles. The molecule has 1 fully saturated rings. The number of carbonyl (C=O) groups is 1. The van der Waals surface area contributed by atoms with Gasteiger partial charge in [-0.05, 0) is 26.0 Å². The van der Waals surface area contributed by atoms with Crippen LogP contribution in [-0.2, 0) is 4.74 Å². The quantitative estimate of drug-likeness (QED) is 0.776. The van der Waals surface area contributed by atoms with Gasteiger partial charge in [0.2, 0.25) is 0 Å². The maximum atomic E-state index is 12.2. The number of amides is 1. The summed E-state index contributed by atoms with van der Waals surface area (Å²) in [5.41, 5.74) is 0. The Hall–Kier alpha value is -0.580. The average molecular weight is 260 g/mol. The molecule has 1 aliphatic heterocycles. The molecular formula is C11H14ClNO2S. The van der Waals surface area contributed by atoms with Gasteiger partial charge in [0.15, 0.2) is 0 Å². The number of thiophene rings is 1. The number of rotatable bonds is 1. The number of hydrogen-bond donors (Lipinski definition) is 0. The van der Waals surface area contributed by atoms with Crippen LogP contribution >= 0.6 is 22.9 Å². The van der Waals surface area contributed by atoms with Crippen molar-refractivity contribution in [1.29, 1.82) is 0 Å². The molecule has 0 saturated carbocycles. The fourth-order valence-corrected chi connectivity index (χ4v) is 2.76. The van der Waals surface area contributed by atoms with Crippen molar-refractivity contribution in [2.24, 2.45) is 0 Å². The molecule has 88 valence electrons. The van der Waals surface area contributed by atoms with E-state index in [2.05, 4.69) is 0 Å². The topological polar surface area (TPSA) is 29.5 Å². The maximum absolute atomic E-state index is 12.2. The predicted octanol–water partition coefficient (Wildman–Crippen LogP) is 2.65. The summed E-state index contributed by atoms with van der Waals surface area (Å²) in [6.45, 7) is 5.23. The molecule has 3 nitrogen and oxygen atoms in total. The molecule has 0 bridgehead atoms. The second kappa shape index (κ2) is 4.73. The molecule has 2 atom stereocenters. The summed E-state index contributed by atoms with van der Waals surface area (Å²) in [7, 11) is 0.